The molecule has 1 atom stereocenters. The van der Waals surface area contributed by atoms with E-state index in [9.17, 15) is 9.90 Å². The van der Waals surface area contributed by atoms with E-state index in [0.29, 0.717) is 5.75 Å². The Labute approximate surface area is 109 Å². The molecule has 1 rings (SSSR count). The van der Waals surface area contributed by atoms with Crippen molar-refractivity contribution >= 4 is 5.97 Å². The lowest BCUT2D eigenvalue weighted by Gasteiger charge is -2.39. The zero-order chi connectivity index (χ0) is 14.0. The molecule has 0 aliphatic heterocycles. The van der Waals surface area contributed by atoms with Gasteiger partial charge in [0.05, 0.1) is 5.41 Å². The molecule has 1 aromatic carbocycles. The summed E-state index contributed by atoms with van der Waals surface area (Å²) in [4.78, 5) is 11.4. The van der Waals surface area contributed by atoms with Gasteiger partial charge in [-0.1, -0.05) is 39.0 Å². The summed E-state index contributed by atoms with van der Waals surface area (Å²) >= 11 is 0. The number of rotatable bonds is 4. The van der Waals surface area contributed by atoms with Gasteiger partial charge in [-0.2, -0.15) is 0 Å². The minimum absolute atomic E-state index is 0.266. The maximum Gasteiger partial charge on any atom is 0.312 e. The number of benzene rings is 1. The van der Waals surface area contributed by atoms with E-state index < -0.39 is 17.5 Å². The predicted molar refractivity (Wildman–Crippen MR) is 71.7 cm³/mol. The second-order valence-electron chi connectivity index (χ2n) is 6.20. The average molecular weight is 250 g/mol. The van der Waals surface area contributed by atoms with E-state index in [1.807, 2.05) is 51.1 Å². The molecule has 0 bridgehead atoms. The highest BCUT2D eigenvalue weighted by Crippen LogP contribution is 2.37. The average Bonchev–Trinajstić information content (AvgIpc) is 2.25. The van der Waals surface area contributed by atoms with Crippen molar-refractivity contribution in [2.45, 2.75) is 40.7 Å². The van der Waals surface area contributed by atoms with Gasteiger partial charge in [0.1, 0.15) is 11.9 Å². The number of hydrogen-bond donors (Lipinski definition) is 1. The van der Waals surface area contributed by atoms with Crippen LogP contribution in [0.25, 0.3) is 0 Å². The van der Waals surface area contributed by atoms with Crippen molar-refractivity contribution in [3.8, 4) is 5.75 Å². The van der Waals surface area contributed by atoms with Crippen molar-refractivity contribution in [1.29, 1.82) is 0 Å². The summed E-state index contributed by atoms with van der Waals surface area (Å²) < 4.78 is 5.92. The number of carbonyl (C=O) groups is 1. The summed E-state index contributed by atoms with van der Waals surface area (Å²) in [5, 5.41) is 9.37. The molecule has 0 saturated carbocycles. The number of hydrogen-bond acceptors (Lipinski definition) is 2. The Hall–Kier alpha value is -1.51. The fourth-order valence-corrected chi connectivity index (χ4v) is 2.15. The minimum Gasteiger partial charge on any atom is -0.489 e. The standard InChI is InChI=1S/C15H22O3/c1-14(2,3)12(15(4,5)13(16)17)18-11-9-7-6-8-10-11/h6-10,12H,1-5H3,(H,16,17). The molecule has 0 heterocycles. The van der Waals surface area contributed by atoms with E-state index in [2.05, 4.69) is 0 Å². The van der Waals surface area contributed by atoms with E-state index >= 15 is 0 Å². The number of ether oxygens (including phenoxy) is 1. The van der Waals surface area contributed by atoms with Crippen LogP contribution >= 0.6 is 0 Å². The molecular formula is C15H22O3. The van der Waals surface area contributed by atoms with E-state index in [0.717, 1.165) is 0 Å². The quantitative estimate of drug-likeness (QED) is 0.888. The van der Waals surface area contributed by atoms with Gasteiger partial charge in [-0.25, -0.2) is 0 Å². The highest BCUT2D eigenvalue weighted by Gasteiger charge is 2.45. The number of para-hydroxylation sites is 1. The van der Waals surface area contributed by atoms with Crippen molar-refractivity contribution in [2.24, 2.45) is 10.8 Å². The van der Waals surface area contributed by atoms with Gasteiger partial charge in [-0.3, -0.25) is 4.79 Å². The summed E-state index contributed by atoms with van der Waals surface area (Å²) in [6.07, 6.45) is -0.412. The number of carboxylic acid groups (broad SMARTS) is 1. The van der Waals surface area contributed by atoms with Gasteiger partial charge in [0, 0.05) is 0 Å². The minimum atomic E-state index is -0.950. The molecule has 0 amide bonds. The van der Waals surface area contributed by atoms with Gasteiger partial charge in [0.15, 0.2) is 0 Å². The molecule has 1 aromatic rings. The molecule has 0 aromatic heterocycles. The molecule has 100 valence electrons. The molecule has 0 fully saturated rings. The lowest BCUT2D eigenvalue weighted by Crippen LogP contribution is -2.48. The molecule has 18 heavy (non-hydrogen) atoms. The number of carboxylic acids is 1. The van der Waals surface area contributed by atoms with Crippen molar-refractivity contribution in [3.63, 3.8) is 0 Å². The zero-order valence-corrected chi connectivity index (χ0v) is 11.7. The maximum atomic E-state index is 11.4. The van der Waals surface area contributed by atoms with Crippen LogP contribution in [0.3, 0.4) is 0 Å². The van der Waals surface area contributed by atoms with Gasteiger partial charge in [0.25, 0.3) is 0 Å². The van der Waals surface area contributed by atoms with Crippen LogP contribution < -0.4 is 4.74 Å². The molecule has 0 aliphatic carbocycles. The van der Waals surface area contributed by atoms with Gasteiger partial charge in [0.2, 0.25) is 0 Å². The SMILES string of the molecule is CC(C)(C)C(Oc1ccccc1)C(C)(C)C(=O)O. The van der Waals surface area contributed by atoms with Crippen LogP contribution in [0.4, 0.5) is 0 Å². The molecule has 0 radical (unpaired) electrons. The first-order valence-electron chi connectivity index (χ1n) is 6.11. The second kappa shape index (κ2) is 5.01. The van der Waals surface area contributed by atoms with Gasteiger partial charge >= 0.3 is 5.97 Å². The van der Waals surface area contributed by atoms with Crippen LogP contribution in [-0.4, -0.2) is 17.2 Å². The summed E-state index contributed by atoms with van der Waals surface area (Å²) in [6, 6.07) is 9.35. The largest absolute Gasteiger partial charge is 0.489 e. The molecule has 0 spiro atoms. The van der Waals surface area contributed by atoms with Gasteiger partial charge < -0.3 is 9.84 Å². The van der Waals surface area contributed by atoms with Crippen LogP contribution in [0.1, 0.15) is 34.6 Å². The van der Waals surface area contributed by atoms with Crippen molar-refractivity contribution in [3.05, 3.63) is 30.3 Å². The molecule has 3 nitrogen and oxygen atoms in total. The van der Waals surface area contributed by atoms with Crippen LogP contribution in [0.2, 0.25) is 0 Å². The summed E-state index contributed by atoms with van der Waals surface area (Å²) in [7, 11) is 0. The first-order valence-corrected chi connectivity index (χ1v) is 6.11. The Kier molecular flexibility index (Phi) is 4.05. The summed E-state index contributed by atoms with van der Waals surface area (Å²) in [5.74, 6) is -0.148. The van der Waals surface area contributed by atoms with E-state index in [1.54, 1.807) is 13.8 Å². The Morgan fingerprint density at radius 3 is 2.00 bits per heavy atom. The Bertz CT molecular complexity index is 401. The summed E-state index contributed by atoms with van der Waals surface area (Å²) in [6.45, 7) is 9.38. The molecule has 0 saturated heterocycles. The van der Waals surface area contributed by atoms with E-state index in [-0.39, 0.29) is 5.41 Å². The molecule has 0 aliphatic rings. The third-order valence-electron chi connectivity index (χ3n) is 2.99. The zero-order valence-electron chi connectivity index (χ0n) is 11.7. The normalized spacial score (nSPS) is 14.1. The lowest BCUT2D eigenvalue weighted by atomic mass is 9.73. The highest BCUT2D eigenvalue weighted by molar-refractivity contribution is 5.74. The maximum absolute atomic E-state index is 11.4. The van der Waals surface area contributed by atoms with Crippen molar-refractivity contribution in [1.82, 2.24) is 0 Å². The van der Waals surface area contributed by atoms with E-state index in [4.69, 9.17) is 4.74 Å². The molecular weight excluding hydrogens is 228 g/mol. The van der Waals surface area contributed by atoms with Gasteiger partial charge in [-0.15, -0.1) is 0 Å². The second-order valence-corrected chi connectivity index (χ2v) is 6.20. The first-order chi connectivity index (χ1) is 8.15. The number of aliphatic carboxylic acids is 1. The van der Waals surface area contributed by atoms with Crippen LogP contribution in [0, 0.1) is 10.8 Å². The molecule has 1 N–H and O–H groups in total. The molecule has 1 unspecified atom stereocenters. The monoisotopic (exact) mass is 250 g/mol. The Balaban J connectivity index is 3.05. The summed E-state index contributed by atoms with van der Waals surface area (Å²) in [5.41, 5.74) is -1.22. The fourth-order valence-electron chi connectivity index (χ4n) is 2.15. The topological polar surface area (TPSA) is 46.5 Å². The Morgan fingerprint density at radius 1 is 1.11 bits per heavy atom. The third-order valence-corrected chi connectivity index (χ3v) is 2.99. The van der Waals surface area contributed by atoms with Crippen LogP contribution in [-0.2, 0) is 4.79 Å². The van der Waals surface area contributed by atoms with Crippen LogP contribution in [0.15, 0.2) is 30.3 Å². The van der Waals surface area contributed by atoms with Gasteiger partial charge in [-0.05, 0) is 31.4 Å². The third kappa shape index (κ3) is 3.25. The van der Waals surface area contributed by atoms with Crippen molar-refractivity contribution in [2.75, 3.05) is 0 Å². The Morgan fingerprint density at radius 2 is 1.61 bits per heavy atom. The van der Waals surface area contributed by atoms with Crippen molar-refractivity contribution < 1.29 is 14.6 Å². The van der Waals surface area contributed by atoms with Crippen LogP contribution in [0.5, 0.6) is 5.75 Å². The van der Waals surface area contributed by atoms with E-state index in [1.165, 1.54) is 0 Å². The fraction of sp³-hybridized carbons (Fsp3) is 0.533. The smallest absolute Gasteiger partial charge is 0.312 e. The molecule has 3 heteroatoms. The first kappa shape index (κ1) is 14.6. The predicted octanol–water partition coefficient (Wildman–Crippen LogP) is 3.59. The highest BCUT2D eigenvalue weighted by atomic mass is 16.5. The lowest BCUT2D eigenvalue weighted by molar-refractivity contribution is -0.156.